The van der Waals surface area contributed by atoms with Crippen LogP contribution in [-0.4, -0.2) is 12.4 Å². The van der Waals surface area contributed by atoms with Crippen LogP contribution in [0.5, 0.6) is 23.0 Å². The van der Waals surface area contributed by atoms with E-state index < -0.39 is 28.9 Å². The molecule has 0 radical (unpaired) electrons. The molecule has 0 unspecified atom stereocenters. The van der Waals surface area contributed by atoms with Crippen LogP contribution in [0.4, 0.5) is 37.7 Å². The molecule has 12 rings (SSSR count). The van der Waals surface area contributed by atoms with Gasteiger partial charge < -0.3 is 19.3 Å². The minimum atomic E-state index is -5.84. The standard InChI is InChI=1S/C83H60F6N2O2/c84-82(85,86)81(83(87,88)89,69-41-49-73(50-42-69)92-75-53-45-71(46-54-75)90(57-77(61-25-9-1-10-26-61)62-27-11-2-12-28-62)58-78(63-29-13-3-14-30-63)64-31-15-4-16-32-64)70-43-51-74(52-44-70)93-76-55-47-72(48-56-76)91(59-79(65-33-17-5-18-34-65)66-35-19-6-20-36-66)60-80(67-37-21-7-22-38-67)68-39-23-8-24-40-68/h1-60H. The highest BCUT2D eigenvalue weighted by Crippen LogP contribution is 2.57. The Morgan fingerprint density at radius 3 is 0.570 bits per heavy atom. The molecule has 0 spiro atoms. The highest BCUT2D eigenvalue weighted by molar-refractivity contribution is 5.88. The van der Waals surface area contributed by atoms with Crippen molar-refractivity contribution in [3.63, 3.8) is 0 Å². The van der Waals surface area contributed by atoms with Crippen LogP contribution in [-0.2, 0) is 5.41 Å². The molecule has 12 aromatic carbocycles. The Morgan fingerprint density at radius 1 is 0.226 bits per heavy atom. The third-order valence-corrected chi connectivity index (χ3v) is 15.9. The van der Waals surface area contributed by atoms with Gasteiger partial charge in [0.05, 0.1) is 0 Å². The number of alkyl halides is 6. The van der Waals surface area contributed by atoms with Crippen LogP contribution in [0.15, 0.2) is 365 Å². The molecule has 0 aromatic heterocycles. The van der Waals surface area contributed by atoms with Crippen LogP contribution >= 0.6 is 0 Å². The summed E-state index contributed by atoms with van der Waals surface area (Å²) in [6, 6.07) is 102. The number of benzene rings is 12. The molecule has 0 bridgehead atoms. The average molecular weight is 1230 g/mol. The maximum Gasteiger partial charge on any atom is 0.411 e. The molecule has 0 amide bonds. The van der Waals surface area contributed by atoms with Crippen molar-refractivity contribution in [2.24, 2.45) is 0 Å². The van der Waals surface area contributed by atoms with Gasteiger partial charge in [-0.1, -0.05) is 267 Å². The van der Waals surface area contributed by atoms with E-state index in [9.17, 15) is 0 Å². The summed E-state index contributed by atoms with van der Waals surface area (Å²) in [4.78, 5) is 4.06. The number of halogens is 6. The Hall–Kier alpha value is -11.6. The molecule has 0 N–H and O–H groups in total. The van der Waals surface area contributed by atoms with Crippen molar-refractivity contribution in [1.82, 2.24) is 0 Å². The fourth-order valence-corrected chi connectivity index (χ4v) is 11.3. The lowest BCUT2D eigenvalue weighted by Crippen LogP contribution is -2.54. The number of anilines is 2. The average Bonchev–Trinajstić information content (AvgIpc) is 1.04. The summed E-state index contributed by atoms with van der Waals surface area (Å²) in [6.07, 6.45) is -3.43. The number of ether oxygens (including phenoxy) is 2. The van der Waals surface area contributed by atoms with Crippen molar-refractivity contribution in [2.75, 3.05) is 9.80 Å². The van der Waals surface area contributed by atoms with E-state index in [0.717, 1.165) is 127 Å². The predicted octanol–water partition coefficient (Wildman–Crippen LogP) is 22.7. The number of rotatable bonds is 20. The van der Waals surface area contributed by atoms with Crippen molar-refractivity contribution in [2.45, 2.75) is 17.8 Å². The minimum absolute atomic E-state index is 0.0258. The molecule has 0 saturated carbocycles. The predicted molar refractivity (Wildman–Crippen MR) is 364 cm³/mol. The van der Waals surface area contributed by atoms with E-state index >= 15 is 26.3 Å². The largest absolute Gasteiger partial charge is 0.457 e. The smallest absolute Gasteiger partial charge is 0.411 e. The van der Waals surface area contributed by atoms with Crippen molar-refractivity contribution < 1.29 is 35.8 Å². The fourth-order valence-electron chi connectivity index (χ4n) is 11.3. The van der Waals surface area contributed by atoms with Gasteiger partial charge in [0.2, 0.25) is 5.41 Å². The van der Waals surface area contributed by atoms with Gasteiger partial charge in [-0.15, -0.1) is 0 Å². The van der Waals surface area contributed by atoms with E-state index in [2.05, 4.69) is 24.8 Å². The van der Waals surface area contributed by atoms with Gasteiger partial charge in [0, 0.05) is 58.5 Å². The maximum absolute atomic E-state index is 15.6. The van der Waals surface area contributed by atoms with E-state index in [-0.39, 0.29) is 11.5 Å². The molecular weight excluding hydrogens is 1170 g/mol. The first-order valence-corrected chi connectivity index (χ1v) is 30.2. The van der Waals surface area contributed by atoms with E-state index in [1.54, 1.807) is 24.3 Å². The van der Waals surface area contributed by atoms with Crippen molar-refractivity contribution in [3.8, 4) is 23.0 Å². The monoisotopic (exact) mass is 1230 g/mol. The number of hydrogen-bond donors (Lipinski definition) is 0. The molecule has 12 aromatic rings. The maximum atomic E-state index is 15.6. The van der Waals surface area contributed by atoms with Crippen LogP contribution in [0, 0.1) is 0 Å². The fraction of sp³-hybridized carbons (Fsp3) is 0.0361. The second kappa shape index (κ2) is 28.0. The zero-order chi connectivity index (χ0) is 64.0. The number of hydrogen-bond acceptors (Lipinski definition) is 4. The first-order valence-electron chi connectivity index (χ1n) is 30.2. The van der Waals surface area contributed by atoms with Crippen molar-refractivity contribution >= 4 is 33.7 Å². The second-order valence-electron chi connectivity index (χ2n) is 21.9. The molecule has 4 nitrogen and oxygen atoms in total. The molecule has 10 heteroatoms. The number of nitrogens with zero attached hydrogens (tertiary/aromatic N) is 2. The second-order valence-corrected chi connectivity index (χ2v) is 21.9. The summed E-state index contributed by atoms with van der Waals surface area (Å²) < 4.78 is 106. The quantitative estimate of drug-likeness (QED) is 0.0710. The molecule has 0 aliphatic carbocycles. The summed E-state index contributed by atoms with van der Waals surface area (Å²) in [5.74, 6) is 0.647. The lowest BCUT2D eigenvalue weighted by atomic mass is 9.73. The Bertz CT molecular complexity index is 3850. The molecule has 0 saturated heterocycles. The Labute approximate surface area is 537 Å². The topological polar surface area (TPSA) is 24.9 Å². The highest BCUT2D eigenvalue weighted by atomic mass is 19.4. The molecule has 0 heterocycles. The zero-order valence-corrected chi connectivity index (χ0v) is 50.1. The summed E-state index contributed by atoms with van der Waals surface area (Å²) >= 11 is 0. The first-order chi connectivity index (χ1) is 45.4. The summed E-state index contributed by atoms with van der Waals surface area (Å²) in [5, 5.41) is 0. The molecule has 93 heavy (non-hydrogen) atoms. The van der Waals surface area contributed by atoms with Gasteiger partial charge in [0.25, 0.3) is 0 Å². The van der Waals surface area contributed by atoms with E-state index in [0.29, 0.717) is 11.5 Å². The molecule has 0 aliphatic rings. The zero-order valence-electron chi connectivity index (χ0n) is 50.1. The molecule has 456 valence electrons. The minimum Gasteiger partial charge on any atom is -0.457 e. The molecular formula is C83H60F6N2O2. The molecule has 0 atom stereocenters. The van der Waals surface area contributed by atoms with Crippen molar-refractivity contribution in [3.05, 3.63) is 420 Å². The van der Waals surface area contributed by atoms with Gasteiger partial charge in [-0.3, -0.25) is 0 Å². The molecule has 0 fully saturated rings. The van der Waals surface area contributed by atoms with Crippen LogP contribution in [0.25, 0.3) is 22.3 Å². The first kappa shape index (κ1) is 61.6. The summed E-state index contributed by atoms with van der Waals surface area (Å²) in [6.45, 7) is 0. The van der Waals surface area contributed by atoms with Gasteiger partial charge in [0.1, 0.15) is 23.0 Å². The third-order valence-electron chi connectivity index (χ3n) is 15.9. The van der Waals surface area contributed by atoms with Gasteiger partial charge >= 0.3 is 12.4 Å². The third kappa shape index (κ3) is 14.2. The molecule has 0 aliphatic heterocycles. The highest BCUT2D eigenvalue weighted by Gasteiger charge is 2.72. The van der Waals surface area contributed by atoms with Gasteiger partial charge in [-0.25, -0.2) is 0 Å². The van der Waals surface area contributed by atoms with Crippen LogP contribution in [0.1, 0.15) is 55.6 Å². The van der Waals surface area contributed by atoms with Crippen LogP contribution in [0.3, 0.4) is 0 Å². The van der Waals surface area contributed by atoms with E-state index in [1.165, 1.54) is 0 Å². The van der Waals surface area contributed by atoms with Gasteiger partial charge in [0.15, 0.2) is 0 Å². The Morgan fingerprint density at radius 2 is 0.398 bits per heavy atom. The van der Waals surface area contributed by atoms with Crippen molar-refractivity contribution in [1.29, 1.82) is 0 Å². The Kier molecular flexibility index (Phi) is 18.6. The lowest BCUT2D eigenvalue weighted by Gasteiger charge is -2.38. The van der Waals surface area contributed by atoms with E-state index in [4.69, 9.17) is 9.47 Å². The SMILES string of the molecule is FC(F)(F)C(c1ccc(Oc2ccc(N(C=C(c3ccccc3)c3ccccc3)C=C(c3ccccc3)c3ccccc3)cc2)cc1)(c1ccc(Oc2ccc(N(C=C(c3ccccc3)c3ccccc3)C=C(c3ccccc3)c3ccccc3)cc2)cc1)C(F)(F)F. The summed E-state index contributed by atoms with van der Waals surface area (Å²) in [5.41, 5.74) is 6.57. The summed E-state index contributed by atoms with van der Waals surface area (Å²) in [7, 11) is 0. The van der Waals surface area contributed by atoms with Gasteiger partial charge in [-0.05, 0) is 128 Å². The van der Waals surface area contributed by atoms with Gasteiger partial charge in [-0.2, -0.15) is 26.3 Å². The normalized spacial score (nSPS) is 11.3. The Balaban J connectivity index is 0.828. The van der Waals surface area contributed by atoms with Crippen LogP contribution < -0.4 is 19.3 Å². The lowest BCUT2D eigenvalue weighted by molar-refractivity contribution is -0.288. The van der Waals surface area contributed by atoms with E-state index in [1.807, 2.05) is 277 Å². The van der Waals surface area contributed by atoms with Crippen LogP contribution in [0.2, 0.25) is 0 Å².